The van der Waals surface area contributed by atoms with E-state index in [1.54, 1.807) is 20.1 Å². The molecule has 6 heteroatoms. The predicted octanol–water partition coefficient (Wildman–Crippen LogP) is 1.92. The van der Waals surface area contributed by atoms with Gasteiger partial charge in [-0.25, -0.2) is 9.78 Å². The first-order valence-electron chi connectivity index (χ1n) is 6.68. The number of aromatic nitrogens is 1. The number of rotatable bonds is 7. The Labute approximate surface area is 119 Å². The summed E-state index contributed by atoms with van der Waals surface area (Å²) in [6, 6.07) is 1.62. The van der Waals surface area contributed by atoms with Crippen LogP contribution >= 0.6 is 0 Å². The van der Waals surface area contributed by atoms with Crippen LogP contribution in [0.4, 0.5) is 11.5 Å². The van der Waals surface area contributed by atoms with Crippen molar-refractivity contribution in [2.75, 3.05) is 31.4 Å². The molecule has 0 aliphatic carbocycles. The van der Waals surface area contributed by atoms with Gasteiger partial charge in [0.15, 0.2) is 0 Å². The topological polar surface area (TPSA) is 86.5 Å². The van der Waals surface area contributed by atoms with Crippen LogP contribution in [0.25, 0.3) is 0 Å². The summed E-state index contributed by atoms with van der Waals surface area (Å²) in [5, 5.41) is 3.22. The van der Waals surface area contributed by atoms with Crippen molar-refractivity contribution in [1.29, 1.82) is 0 Å². The molecular weight excluding hydrogens is 258 g/mol. The van der Waals surface area contributed by atoms with Crippen LogP contribution in [0.15, 0.2) is 12.3 Å². The molecule has 0 aliphatic rings. The van der Waals surface area contributed by atoms with E-state index in [1.165, 1.54) is 6.20 Å². The van der Waals surface area contributed by atoms with Crippen molar-refractivity contribution in [3.63, 3.8) is 0 Å². The number of methoxy groups -OCH3 is 1. The van der Waals surface area contributed by atoms with Crippen molar-refractivity contribution in [2.24, 2.45) is 5.92 Å². The number of nitrogens with zero attached hydrogens (tertiary/aromatic N) is 1. The lowest BCUT2D eigenvalue weighted by Crippen LogP contribution is -2.31. The normalized spacial score (nSPS) is 12.2. The summed E-state index contributed by atoms with van der Waals surface area (Å²) < 4.78 is 10.1. The molecule has 0 fully saturated rings. The summed E-state index contributed by atoms with van der Waals surface area (Å²) >= 11 is 0. The highest BCUT2D eigenvalue weighted by Crippen LogP contribution is 2.22. The minimum Gasteiger partial charge on any atom is -0.462 e. The number of nitrogens with two attached hydrogens (primary N) is 1. The Hall–Kier alpha value is -1.82. The van der Waals surface area contributed by atoms with Gasteiger partial charge < -0.3 is 20.5 Å². The summed E-state index contributed by atoms with van der Waals surface area (Å²) in [4.78, 5) is 16.0. The van der Waals surface area contributed by atoms with Gasteiger partial charge in [0, 0.05) is 13.3 Å². The number of nitrogen functional groups attached to an aromatic ring is 1. The van der Waals surface area contributed by atoms with Crippen LogP contribution in [0, 0.1) is 5.92 Å². The minimum atomic E-state index is -0.441. The minimum absolute atomic E-state index is 0.0623. The average Bonchev–Trinajstić information content (AvgIpc) is 2.40. The lowest BCUT2D eigenvalue weighted by molar-refractivity contribution is 0.0527. The molecule has 1 heterocycles. The van der Waals surface area contributed by atoms with Crippen LogP contribution in [0.5, 0.6) is 0 Å². The smallest absolute Gasteiger partial charge is 0.340 e. The highest BCUT2D eigenvalue weighted by Gasteiger charge is 2.18. The molecule has 0 saturated heterocycles. The van der Waals surface area contributed by atoms with Gasteiger partial charge in [-0.1, -0.05) is 13.8 Å². The molecule has 0 amide bonds. The Balaban J connectivity index is 2.96. The van der Waals surface area contributed by atoms with Gasteiger partial charge in [-0.2, -0.15) is 0 Å². The van der Waals surface area contributed by atoms with Gasteiger partial charge in [-0.3, -0.25) is 0 Å². The summed E-state index contributed by atoms with van der Waals surface area (Å²) in [7, 11) is 1.64. The predicted molar refractivity (Wildman–Crippen MR) is 78.7 cm³/mol. The van der Waals surface area contributed by atoms with Crippen LogP contribution < -0.4 is 11.1 Å². The fourth-order valence-electron chi connectivity index (χ4n) is 1.73. The number of nitrogens with one attached hydrogen (secondary N) is 1. The van der Waals surface area contributed by atoms with Crippen molar-refractivity contribution < 1.29 is 14.3 Å². The van der Waals surface area contributed by atoms with Gasteiger partial charge in [-0.05, 0) is 18.9 Å². The van der Waals surface area contributed by atoms with E-state index in [-0.39, 0.29) is 6.04 Å². The van der Waals surface area contributed by atoms with Crippen molar-refractivity contribution in [3.8, 4) is 0 Å². The maximum Gasteiger partial charge on any atom is 0.340 e. The number of hydrogen-bond acceptors (Lipinski definition) is 6. The van der Waals surface area contributed by atoms with E-state index >= 15 is 0 Å². The maximum atomic E-state index is 11.8. The van der Waals surface area contributed by atoms with Crippen molar-refractivity contribution >= 4 is 17.5 Å². The molecule has 3 N–H and O–H groups in total. The van der Waals surface area contributed by atoms with E-state index in [0.29, 0.717) is 36.2 Å². The van der Waals surface area contributed by atoms with Gasteiger partial charge >= 0.3 is 5.97 Å². The number of carbonyl (C=O) groups is 1. The van der Waals surface area contributed by atoms with E-state index in [0.717, 1.165) is 0 Å². The molecule has 0 aromatic carbocycles. The first-order chi connectivity index (χ1) is 9.51. The number of hydrogen-bond donors (Lipinski definition) is 2. The standard InChI is InChI=1S/C14H23N3O3/c1-5-20-14(18)10-6-7-16-13(12(10)15)17-11(8-19-4)9(2)3/h6-7,9,11H,5,8,15H2,1-4H3,(H,16,17). The first kappa shape index (κ1) is 16.2. The van der Waals surface area contributed by atoms with E-state index in [4.69, 9.17) is 15.2 Å². The molecule has 0 radical (unpaired) electrons. The quantitative estimate of drug-likeness (QED) is 0.743. The van der Waals surface area contributed by atoms with Crippen LogP contribution in [0.3, 0.4) is 0 Å². The second-order valence-corrected chi connectivity index (χ2v) is 4.79. The highest BCUT2D eigenvalue weighted by molar-refractivity contribution is 5.97. The third kappa shape index (κ3) is 4.09. The van der Waals surface area contributed by atoms with Crippen LogP contribution in [0.2, 0.25) is 0 Å². The molecule has 0 spiro atoms. The number of ether oxygens (including phenoxy) is 2. The molecule has 1 rings (SSSR count). The highest BCUT2D eigenvalue weighted by atomic mass is 16.5. The SMILES string of the molecule is CCOC(=O)c1ccnc(NC(COC)C(C)C)c1N. The number of carbonyl (C=O) groups excluding carboxylic acids is 1. The Kier molecular flexibility index (Phi) is 6.24. The van der Waals surface area contributed by atoms with Crippen LogP contribution in [-0.4, -0.2) is 37.3 Å². The lowest BCUT2D eigenvalue weighted by atomic mass is 10.1. The zero-order chi connectivity index (χ0) is 15.1. The van der Waals surface area contributed by atoms with Crippen molar-refractivity contribution in [3.05, 3.63) is 17.8 Å². The molecule has 1 aromatic heterocycles. The monoisotopic (exact) mass is 281 g/mol. The van der Waals surface area contributed by atoms with Gasteiger partial charge in [0.1, 0.15) is 5.82 Å². The van der Waals surface area contributed by atoms with Gasteiger partial charge in [0.25, 0.3) is 0 Å². The molecular formula is C14H23N3O3. The Morgan fingerprint density at radius 3 is 2.75 bits per heavy atom. The largest absolute Gasteiger partial charge is 0.462 e. The average molecular weight is 281 g/mol. The summed E-state index contributed by atoms with van der Waals surface area (Å²) in [6.07, 6.45) is 1.54. The first-order valence-corrected chi connectivity index (χ1v) is 6.68. The van der Waals surface area contributed by atoms with E-state index in [2.05, 4.69) is 24.1 Å². The fraction of sp³-hybridized carbons (Fsp3) is 0.571. The van der Waals surface area contributed by atoms with E-state index in [1.807, 2.05) is 0 Å². The molecule has 112 valence electrons. The van der Waals surface area contributed by atoms with Gasteiger partial charge in [0.05, 0.1) is 30.5 Å². The third-order valence-corrected chi connectivity index (χ3v) is 2.96. The number of anilines is 2. The zero-order valence-corrected chi connectivity index (χ0v) is 12.5. The van der Waals surface area contributed by atoms with Crippen molar-refractivity contribution in [1.82, 2.24) is 4.98 Å². The molecule has 0 aliphatic heterocycles. The second kappa shape index (κ2) is 7.69. The Morgan fingerprint density at radius 2 is 2.20 bits per heavy atom. The Morgan fingerprint density at radius 1 is 1.50 bits per heavy atom. The van der Waals surface area contributed by atoms with Crippen LogP contribution in [0.1, 0.15) is 31.1 Å². The van der Waals surface area contributed by atoms with E-state index < -0.39 is 5.97 Å². The molecule has 1 atom stereocenters. The lowest BCUT2D eigenvalue weighted by Gasteiger charge is -2.23. The van der Waals surface area contributed by atoms with Gasteiger partial charge in [-0.15, -0.1) is 0 Å². The maximum absolute atomic E-state index is 11.8. The van der Waals surface area contributed by atoms with E-state index in [9.17, 15) is 4.79 Å². The summed E-state index contributed by atoms with van der Waals surface area (Å²) in [6.45, 7) is 6.73. The summed E-state index contributed by atoms with van der Waals surface area (Å²) in [5.41, 5.74) is 6.61. The third-order valence-electron chi connectivity index (χ3n) is 2.96. The van der Waals surface area contributed by atoms with Crippen molar-refractivity contribution in [2.45, 2.75) is 26.8 Å². The molecule has 1 unspecified atom stereocenters. The molecule has 0 saturated carbocycles. The molecule has 20 heavy (non-hydrogen) atoms. The Bertz CT molecular complexity index is 449. The summed E-state index contributed by atoms with van der Waals surface area (Å²) in [5.74, 6) is 0.372. The van der Waals surface area contributed by atoms with Crippen LogP contribution in [-0.2, 0) is 9.47 Å². The van der Waals surface area contributed by atoms with Gasteiger partial charge in [0.2, 0.25) is 0 Å². The number of esters is 1. The second-order valence-electron chi connectivity index (χ2n) is 4.79. The molecule has 0 bridgehead atoms. The molecule has 6 nitrogen and oxygen atoms in total. The zero-order valence-electron chi connectivity index (χ0n) is 12.5. The fourth-order valence-corrected chi connectivity index (χ4v) is 1.73. The number of pyridine rings is 1. The molecule has 1 aromatic rings.